The van der Waals surface area contributed by atoms with E-state index >= 15 is 0 Å². The molecule has 0 aliphatic heterocycles. The van der Waals surface area contributed by atoms with E-state index in [4.69, 9.17) is 5.41 Å². The highest BCUT2D eigenvalue weighted by molar-refractivity contribution is 9.18. The quantitative estimate of drug-likeness (QED) is 0.531. The molecule has 0 amide bonds. The van der Waals surface area contributed by atoms with E-state index in [0.29, 0.717) is 4.62 Å². The van der Waals surface area contributed by atoms with Gasteiger partial charge in [-0.1, -0.05) is 20.8 Å². The van der Waals surface area contributed by atoms with Crippen LogP contribution in [0.2, 0.25) is 0 Å². The molecule has 0 spiro atoms. The van der Waals surface area contributed by atoms with Crippen LogP contribution in [0.15, 0.2) is 0 Å². The van der Waals surface area contributed by atoms with Gasteiger partial charge in [-0.2, -0.15) is 0 Å². The molecule has 0 saturated carbocycles. The molecule has 7 heavy (non-hydrogen) atoms. The zero-order chi connectivity index (χ0) is 6.08. The summed E-state index contributed by atoms with van der Waals surface area (Å²) in [5.74, 6) is 0. The Bertz CT molecular complexity index is 80.6. The second-order valence-electron chi connectivity index (χ2n) is 2.56. The molecule has 0 unspecified atom stereocenters. The molecule has 1 nitrogen and oxygen atoms in total. The summed E-state index contributed by atoms with van der Waals surface area (Å²) in [6.07, 6.45) is 0. The molecule has 0 aromatic rings. The average Bonchev–Trinajstić information content (AvgIpc) is 1.31. The van der Waals surface area contributed by atoms with Gasteiger partial charge in [0.2, 0.25) is 0 Å². The van der Waals surface area contributed by atoms with Gasteiger partial charge in [0.05, 0.1) is 4.62 Å². The third-order valence-electron chi connectivity index (χ3n) is 0.658. The predicted octanol–water partition coefficient (Wildman–Crippen LogP) is 2.40. The first-order valence-electron chi connectivity index (χ1n) is 2.19. The fourth-order valence-corrected chi connectivity index (χ4v) is 0. The van der Waals surface area contributed by atoms with E-state index in [0.717, 1.165) is 0 Å². The van der Waals surface area contributed by atoms with Gasteiger partial charge >= 0.3 is 0 Å². The normalized spacial score (nSPS) is 11.4. The minimum Gasteiger partial charge on any atom is -0.297 e. The van der Waals surface area contributed by atoms with Crippen molar-refractivity contribution in [3.8, 4) is 0 Å². The van der Waals surface area contributed by atoms with Crippen molar-refractivity contribution in [2.75, 3.05) is 0 Å². The summed E-state index contributed by atoms with van der Waals surface area (Å²) >= 11 is 3.08. The summed E-state index contributed by atoms with van der Waals surface area (Å²) in [4.78, 5) is 0. The lowest BCUT2D eigenvalue weighted by atomic mass is 9.99. The molecule has 0 radical (unpaired) electrons. The van der Waals surface area contributed by atoms with Crippen molar-refractivity contribution in [1.82, 2.24) is 0 Å². The third kappa shape index (κ3) is 2.80. The van der Waals surface area contributed by atoms with Gasteiger partial charge in [-0.3, -0.25) is 5.41 Å². The molecule has 0 fully saturated rings. The average molecular weight is 164 g/mol. The van der Waals surface area contributed by atoms with Crippen molar-refractivity contribution in [3.63, 3.8) is 0 Å². The Morgan fingerprint density at radius 3 is 1.57 bits per heavy atom. The van der Waals surface area contributed by atoms with Crippen molar-refractivity contribution in [1.29, 1.82) is 5.41 Å². The highest BCUT2D eigenvalue weighted by atomic mass is 79.9. The molecule has 0 bridgehead atoms. The van der Waals surface area contributed by atoms with Crippen molar-refractivity contribution >= 4 is 20.6 Å². The van der Waals surface area contributed by atoms with Crippen molar-refractivity contribution in [2.45, 2.75) is 20.8 Å². The molecule has 0 heterocycles. The smallest absolute Gasteiger partial charge is 0.0793 e. The Kier molecular flexibility index (Phi) is 1.99. The zero-order valence-corrected chi connectivity index (χ0v) is 6.46. The Morgan fingerprint density at radius 1 is 1.43 bits per heavy atom. The molecule has 0 atom stereocenters. The van der Waals surface area contributed by atoms with Crippen LogP contribution in [0, 0.1) is 10.8 Å². The molecule has 42 valence electrons. The van der Waals surface area contributed by atoms with Gasteiger partial charge in [0.1, 0.15) is 0 Å². The van der Waals surface area contributed by atoms with Gasteiger partial charge in [0.25, 0.3) is 0 Å². The summed E-state index contributed by atoms with van der Waals surface area (Å²) in [6, 6.07) is 0. The van der Waals surface area contributed by atoms with Crippen LogP contribution in [0.25, 0.3) is 0 Å². The van der Waals surface area contributed by atoms with E-state index < -0.39 is 0 Å². The zero-order valence-electron chi connectivity index (χ0n) is 4.88. The molecule has 0 aliphatic rings. The summed E-state index contributed by atoms with van der Waals surface area (Å²) < 4.78 is 0.556. The Balaban J connectivity index is 3.79. The second kappa shape index (κ2) is 1.95. The number of halogens is 1. The number of hydrogen-bond donors (Lipinski definition) is 1. The molecule has 0 aromatic carbocycles. The summed E-state index contributed by atoms with van der Waals surface area (Å²) in [5.41, 5.74) is -0.000000000000000222. The van der Waals surface area contributed by atoms with Crippen molar-refractivity contribution < 1.29 is 0 Å². The van der Waals surface area contributed by atoms with Gasteiger partial charge in [-0.15, -0.1) is 0 Å². The first-order valence-corrected chi connectivity index (χ1v) is 2.98. The van der Waals surface area contributed by atoms with E-state index in [2.05, 4.69) is 15.9 Å². The number of hydrogen-bond acceptors (Lipinski definition) is 1. The van der Waals surface area contributed by atoms with E-state index in [1.54, 1.807) is 0 Å². The van der Waals surface area contributed by atoms with Gasteiger partial charge in [0.15, 0.2) is 0 Å². The molecule has 0 saturated heterocycles. The molecule has 0 aromatic heterocycles. The van der Waals surface area contributed by atoms with Gasteiger partial charge in [0, 0.05) is 5.41 Å². The topological polar surface area (TPSA) is 23.9 Å². The highest BCUT2D eigenvalue weighted by Crippen LogP contribution is 2.17. The van der Waals surface area contributed by atoms with Crippen LogP contribution in [0.1, 0.15) is 20.8 Å². The van der Waals surface area contributed by atoms with Crippen LogP contribution in [-0.4, -0.2) is 4.62 Å². The maximum absolute atomic E-state index is 7.06. The molecule has 2 heteroatoms. The molecule has 0 aliphatic carbocycles. The van der Waals surface area contributed by atoms with Gasteiger partial charge in [-0.25, -0.2) is 0 Å². The lowest BCUT2D eigenvalue weighted by Crippen LogP contribution is -2.11. The SMILES string of the molecule is CC(C)(C)C(=N)Br. The van der Waals surface area contributed by atoms with Crippen LogP contribution in [0.3, 0.4) is 0 Å². The van der Waals surface area contributed by atoms with E-state index in [1.807, 2.05) is 20.8 Å². The maximum atomic E-state index is 7.06. The first-order chi connectivity index (χ1) is 2.94. The van der Waals surface area contributed by atoms with Crippen molar-refractivity contribution in [3.05, 3.63) is 0 Å². The van der Waals surface area contributed by atoms with E-state index in [-0.39, 0.29) is 5.41 Å². The lowest BCUT2D eigenvalue weighted by Gasteiger charge is -2.12. The third-order valence-corrected chi connectivity index (χ3v) is 1.85. The second-order valence-corrected chi connectivity index (χ2v) is 3.36. The van der Waals surface area contributed by atoms with Crippen molar-refractivity contribution in [2.24, 2.45) is 5.41 Å². The summed E-state index contributed by atoms with van der Waals surface area (Å²) in [5, 5.41) is 7.06. The summed E-state index contributed by atoms with van der Waals surface area (Å²) in [7, 11) is 0. The molecular formula is C5H10BrN. The Morgan fingerprint density at radius 2 is 1.57 bits per heavy atom. The fraction of sp³-hybridized carbons (Fsp3) is 0.800. The Hall–Kier alpha value is 0.150. The predicted molar refractivity (Wildman–Crippen MR) is 36.1 cm³/mol. The number of rotatable bonds is 0. The summed E-state index contributed by atoms with van der Waals surface area (Å²) in [6.45, 7) is 5.97. The van der Waals surface area contributed by atoms with E-state index in [1.165, 1.54) is 0 Å². The maximum Gasteiger partial charge on any atom is 0.0793 e. The van der Waals surface area contributed by atoms with Crippen LogP contribution in [-0.2, 0) is 0 Å². The standard InChI is InChI=1S/C5H10BrN/c1-5(2,3)4(6)7/h7H,1-3H3. The molecular weight excluding hydrogens is 154 g/mol. The fourth-order valence-electron chi connectivity index (χ4n) is 0. The van der Waals surface area contributed by atoms with Gasteiger partial charge in [-0.05, 0) is 15.9 Å². The number of nitrogens with one attached hydrogen (secondary N) is 1. The lowest BCUT2D eigenvalue weighted by molar-refractivity contribution is 0.600. The van der Waals surface area contributed by atoms with Gasteiger partial charge < -0.3 is 0 Å². The van der Waals surface area contributed by atoms with Crippen LogP contribution >= 0.6 is 15.9 Å². The Labute approximate surface area is 52.8 Å². The monoisotopic (exact) mass is 163 g/mol. The van der Waals surface area contributed by atoms with Crippen LogP contribution in [0.5, 0.6) is 0 Å². The minimum absolute atomic E-state index is 0.000000000000000222. The largest absolute Gasteiger partial charge is 0.297 e. The van der Waals surface area contributed by atoms with E-state index in [9.17, 15) is 0 Å². The first kappa shape index (κ1) is 7.15. The van der Waals surface area contributed by atoms with Crippen LogP contribution < -0.4 is 0 Å². The molecule has 1 N–H and O–H groups in total. The highest BCUT2D eigenvalue weighted by Gasteiger charge is 2.12. The minimum atomic E-state index is -0.000000000000000222. The van der Waals surface area contributed by atoms with Crippen LogP contribution in [0.4, 0.5) is 0 Å². The molecule has 0 rings (SSSR count).